The number of benzene rings is 2. The number of aromatic nitrogens is 1. The van der Waals surface area contributed by atoms with Gasteiger partial charge in [-0.1, -0.05) is 49.4 Å². The van der Waals surface area contributed by atoms with Crippen LogP contribution in [-0.2, 0) is 11.3 Å². The van der Waals surface area contributed by atoms with E-state index in [1.807, 2.05) is 56.3 Å². The quantitative estimate of drug-likeness (QED) is 0.412. The van der Waals surface area contributed by atoms with Crippen LogP contribution in [-0.4, -0.2) is 47.6 Å². The molecule has 1 aromatic heterocycles. The van der Waals surface area contributed by atoms with Crippen molar-refractivity contribution in [2.45, 2.75) is 45.9 Å². The van der Waals surface area contributed by atoms with Crippen molar-refractivity contribution >= 4 is 11.8 Å². The Hall–Kier alpha value is -3.25. The van der Waals surface area contributed by atoms with Gasteiger partial charge in [-0.25, -0.2) is 14.2 Å². The van der Waals surface area contributed by atoms with Gasteiger partial charge in [0.1, 0.15) is 17.2 Å². The molecule has 6 heteroatoms. The van der Waals surface area contributed by atoms with E-state index in [1.54, 1.807) is 18.3 Å². The van der Waals surface area contributed by atoms with E-state index >= 15 is 0 Å². The third kappa shape index (κ3) is 5.45. The largest absolute Gasteiger partial charge is 0.459 e. The van der Waals surface area contributed by atoms with E-state index in [0.717, 1.165) is 42.7 Å². The smallest absolute Gasteiger partial charge is 0.342 e. The molecule has 0 saturated carbocycles. The second-order valence-corrected chi connectivity index (χ2v) is 8.96. The molecule has 2 heterocycles. The van der Waals surface area contributed by atoms with Gasteiger partial charge in [-0.3, -0.25) is 4.90 Å². The first-order chi connectivity index (χ1) is 16.5. The van der Waals surface area contributed by atoms with Crippen molar-refractivity contribution in [3.8, 4) is 11.1 Å². The number of likely N-dealkylation sites (N-methyl/N-ethyl adjacent to an activating group) is 1. The highest BCUT2D eigenvalue weighted by Crippen LogP contribution is 2.33. The molecule has 1 unspecified atom stereocenters. The second-order valence-electron chi connectivity index (χ2n) is 8.96. The molecule has 1 aliphatic rings. The Morgan fingerprint density at radius 1 is 1.18 bits per heavy atom. The Bertz CT molecular complexity index is 1120. The third-order valence-electron chi connectivity index (χ3n) is 6.22. The zero-order chi connectivity index (χ0) is 24.1. The Labute approximate surface area is 201 Å². The van der Waals surface area contributed by atoms with E-state index in [0.29, 0.717) is 17.9 Å². The van der Waals surface area contributed by atoms with E-state index < -0.39 is 0 Å². The van der Waals surface area contributed by atoms with Crippen LogP contribution in [0.4, 0.5) is 10.2 Å². The van der Waals surface area contributed by atoms with Gasteiger partial charge in [-0.15, -0.1) is 0 Å². The first-order valence-electron chi connectivity index (χ1n) is 11.9. The number of carbonyl (C=O) groups is 1. The predicted molar refractivity (Wildman–Crippen MR) is 133 cm³/mol. The molecule has 0 bridgehead atoms. The number of carbonyl (C=O) groups excluding carboxylic acids is 1. The molecule has 1 atom stereocenters. The molecule has 1 saturated heterocycles. The Morgan fingerprint density at radius 3 is 2.68 bits per heavy atom. The minimum absolute atomic E-state index is 0.211. The fourth-order valence-electron chi connectivity index (χ4n) is 4.62. The van der Waals surface area contributed by atoms with Crippen molar-refractivity contribution in [3.05, 3.63) is 83.8 Å². The monoisotopic (exact) mass is 461 g/mol. The normalized spacial score (nSPS) is 15.8. The van der Waals surface area contributed by atoms with Gasteiger partial charge in [0.2, 0.25) is 0 Å². The Morgan fingerprint density at radius 2 is 1.97 bits per heavy atom. The first kappa shape index (κ1) is 23.9. The van der Waals surface area contributed by atoms with Crippen LogP contribution in [0, 0.1) is 5.82 Å². The molecule has 34 heavy (non-hydrogen) atoms. The minimum atomic E-state index is -0.354. The number of ether oxygens (including phenoxy) is 1. The van der Waals surface area contributed by atoms with Gasteiger partial charge >= 0.3 is 5.97 Å². The van der Waals surface area contributed by atoms with Gasteiger partial charge in [-0.05, 0) is 56.1 Å². The lowest BCUT2D eigenvalue weighted by Gasteiger charge is -2.28. The van der Waals surface area contributed by atoms with Gasteiger partial charge in [0.15, 0.2) is 0 Å². The predicted octanol–water partition coefficient (Wildman–Crippen LogP) is 5.55. The van der Waals surface area contributed by atoms with Crippen molar-refractivity contribution in [1.82, 2.24) is 9.88 Å². The molecule has 0 spiro atoms. The fraction of sp³-hybridized carbons (Fsp3) is 0.357. The molecule has 0 N–H and O–H groups in total. The van der Waals surface area contributed by atoms with Gasteiger partial charge < -0.3 is 9.64 Å². The molecule has 0 radical (unpaired) electrons. The lowest BCUT2D eigenvalue weighted by Crippen LogP contribution is -2.37. The van der Waals surface area contributed by atoms with Crippen LogP contribution in [0.2, 0.25) is 0 Å². The van der Waals surface area contributed by atoms with Crippen molar-refractivity contribution in [2.24, 2.45) is 0 Å². The van der Waals surface area contributed by atoms with Crippen LogP contribution in [0.3, 0.4) is 0 Å². The van der Waals surface area contributed by atoms with Gasteiger partial charge in [0.05, 0.1) is 6.10 Å². The van der Waals surface area contributed by atoms with Gasteiger partial charge in [0.25, 0.3) is 0 Å². The fourth-order valence-corrected chi connectivity index (χ4v) is 4.62. The molecule has 0 amide bonds. The summed E-state index contributed by atoms with van der Waals surface area (Å²) in [7, 11) is 0. The maximum atomic E-state index is 13.7. The van der Waals surface area contributed by atoms with Crippen LogP contribution >= 0.6 is 0 Å². The molecule has 1 fully saturated rings. The molecular formula is C28H32FN3O2. The highest BCUT2D eigenvalue weighted by Gasteiger charge is 2.32. The molecular weight excluding hydrogens is 429 g/mol. The highest BCUT2D eigenvalue weighted by molar-refractivity contribution is 6.02. The average Bonchev–Trinajstić information content (AvgIpc) is 3.32. The van der Waals surface area contributed by atoms with E-state index in [-0.39, 0.29) is 23.9 Å². The van der Waals surface area contributed by atoms with Gasteiger partial charge in [0, 0.05) is 37.4 Å². The van der Waals surface area contributed by atoms with Crippen molar-refractivity contribution < 1.29 is 13.9 Å². The Balaban J connectivity index is 1.62. The van der Waals surface area contributed by atoms with Crippen molar-refractivity contribution in [1.29, 1.82) is 0 Å². The minimum Gasteiger partial charge on any atom is -0.459 e. The molecule has 4 rings (SSSR count). The second kappa shape index (κ2) is 10.8. The standard InChI is InChI=1S/C28H32FN3O2/c1-4-31(18-21-9-8-12-23(29)17-21)24-14-16-32(19-24)27-26(28(33)34-20(2)3)25(13-15-30-27)22-10-6-5-7-11-22/h5-13,15,17,20,24H,4,14,16,18-19H2,1-3H3. The highest BCUT2D eigenvalue weighted by atomic mass is 19.1. The van der Waals surface area contributed by atoms with Crippen molar-refractivity contribution in [2.75, 3.05) is 24.5 Å². The number of hydrogen-bond donors (Lipinski definition) is 0. The van der Waals surface area contributed by atoms with E-state index in [2.05, 4.69) is 21.7 Å². The molecule has 5 nitrogen and oxygen atoms in total. The average molecular weight is 462 g/mol. The summed E-state index contributed by atoms with van der Waals surface area (Å²) in [5.74, 6) is 0.0978. The number of anilines is 1. The molecule has 3 aromatic rings. The molecule has 1 aliphatic heterocycles. The van der Waals surface area contributed by atoms with E-state index in [9.17, 15) is 9.18 Å². The molecule has 2 aromatic carbocycles. The van der Waals surface area contributed by atoms with E-state index in [4.69, 9.17) is 4.74 Å². The summed E-state index contributed by atoms with van der Waals surface area (Å²) in [5.41, 5.74) is 3.26. The lowest BCUT2D eigenvalue weighted by molar-refractivity contribution is 0.0379. The number of rotatable bonds is 8. The Kier molecular flexibility index (Phi) is 7.58. The van der Waals surface area contributed by atoms with E-state index in [1.165, 1.54) is 6.07 Å². The zero-order valence-electron chi connectivity index (χ0n) is 20.1. The maximum absolute atomic E-state index is 13.7. The van der Waals surface area contributed by atoms with Crippen LogP contribution in [0.5, 0.6) is 0 Å². The number of halogens is 1. The summed E-state index contributed by atoms with van der Waals surface area (Å²) < 4.78 is 19.3. The van der Waals surface area contributed by atoms with Crippen molar-refractivity contribution in [3.63, 3.8) is 0 Å². The van der Waals surface area contributed by atoms with Crippen LogP contribution in [0.1, 0.15) is 43.1 Å². The summed E-state index contributed by atoms with van der Waals surface area (Å²) in [6.07, 6.45) is 2.48. The summed E-state index contributed by atoms with van der Waals surface area (Å²) in [6.45, 7) is 8.91. The van der Waals surface area contributed by atoms with Crippen LogP contribution < -0.4 is 4.90 Å². The zero-order valence-corrected chi connectivity index (χ0v) is 20.1. The summed E-state index contributed by atoms with van der Waals surface area (Å²) in [5, 5.41) is 0. The number of pyridine rings is 1. The summed E-state index contributed by atoms with van der Waals surface area (Å²) in [4.78, 5) is 22.4. The first-order valence-corrected chi connectivity index (χ1v) is 11.9. The SMILES string of the molecule is CCN(Cc1cccc(F)c1)C1CCN(c2nccc(-c3ccccc3)c2C(=O)OC(C)C)C1. The maximum Gasteiger partial charge on any atom is 0.342 e. The molecule has 0 aliphatic carbocycles. The van der Waals surface area contributed by atoms with Crippen LogP contribution in [0.15, 0.2) is 66.9 Å². The van der Waals surface area contributed by atoms with Gasteiger partial charge in [-0.2, -0.15) is 0 Å². The summed E-state index contributed by atoms with van der Waals surface area (Å²) >= 11 is 0. The number of esters is 1. The summed E-state index contributed by atoms with van der Waals surface area (Å²) in [6, 6.07) is 18.8. The lowest BCUT2D eigenvalue weighted by atomic mass is 10.0. The topological polar surface area (TPSA) is 45.7 Å². The molecule has 178 valence electrons. The number of hydrogen-bond acceptors (Lipinski definition) is 5. The van der Waals surface area contributed by atoms with Crippen LogP contribution in [0.25, 0.3) is 11.1 Å². The third-order valence-corrected chi connectivity index (χ3v) is 6.22. The number of nitrogens with zero attached hydrogens (tertiary/aromatic N) is 3.